The summed E-state index contributed by atoms with van der Waals surface area (Å²) in [6.07, 6.45) is 5.58. The van der Waals surface area contributed by atoms with E-state index in [-0.39, 0.29) is 0 Å². The number of nitrogens with zero attached hydrogens (tertiary/aromatic N) is 2. The molecule has 0 spiro atoms. The number of hydrogen-bond donors (Lipinski definition) is 1. The average molecular weight is 209 g/mol. The smallest absolute Gasteiger partial charge is 0.0853 e. The fourth-order valence-corrected chi connectivity index (χ4v) is 1.68. The maximum atomic E-state index is 4.40. The standard InChI is InChI=1S/C12H23N3/c1-5-11-12(9-15(4)14-11)13-8-6-7-10(2)3/h9-10,13H,5-8H2,1-4H3. The first-order valence-electron chi connectivity index (χ1n) is 5.89. The van der Waals surface area contributed by atoms with Gasteiger partial charge in [-0.15, -0.1) is 0 Å². The van der Waals surface area contributed by atoms with Gasteiger partial charge in [0.2, 0.25) is 0 Å². The zero-order valence-corrected chi connectivity index (χ0v) is 10.4. The number of hydrogen-bond acceptors (Lipinski definition) is 2. The Bertz CT molecular complexity index is 289. The van der Waals surface area contributed by atoms with Crippen LogP contribution in [0.4, 0.5) is 5.69 Å². The van der Waals surface area contributed by atoms with Gasteiger partial charge in [-0.2, -0.15) is 5.10 Å². The zero-order valence-electron chi connectivity index (χ0n) is 10.4. The van der Waals surface area contributed by atoms with Crippen LogP contribution in [0.25, 0.3) is 0 Å². The van der Waals surface area contributed by atoms with Crippen molar-refractivity contribution in [3.8, 4) is 0 Å². The minimum absolute atomic E-state index is 0.798. The Morgan fingerprint density at radius 3 is 2.80 bits per heavy atom. The summed E-state index contributed by atoms with van der Waals surface area (Å²) >= 11 is 0. The van der Waals surface area contributed by atoms with Gasteiger partial charge in [0.15, 0.2) is 0 Å². The van der Waals surface area contributed by atoms with Crippen LogP contribution in [0.1, 0.15) is 39.3 Å². The van der Waals surface area contributed by atoms with Crippen LogP contribution in [0, 0.1) is 5.92 Å². The van der Waals surface area contributed by atoms with Crippen LogP contribution in [-0.2, 0) is 13.5 Å². The van der Waals surface area contributed by atoms with Crippen LogP contribution in [0.5, 0.6) is 0 Å². The lowest BCUT2D eigenvalue weighted by atomic mass is 10.1. The van der Waals surface area contributed by atoms with E-state index in [1.807, 2.05) is 11.7 Å². The van der Waals surface area contributed by atoms with E-state index in [9.17, 15) is 0 Å². The van der Waals surface area contributed by atoms with Gasteiger partial charge in [0.1, 0.15) is 0 Å². The van der Waals surface area contributed by atoms with Crippen molar-refractivity contribution in [2.45, 2.75) is 40.0 Å². The predicted octanol–water partition coefficient (Wildman–Crippen LogP) is 2.83. The molecule has 0 aromatic carbocycles. The quantitative estimate of drug-likeness (QED) is 0.730. The third kappa shape index (κ3) is 3.94. The summed E-state index contributed by atoms with van der Waals surface area (Å²) in [4.78, 5) is 0. The van der Waals surface area contributed by atoms with Gasteiger partial charge in [-0.05, 0) is 25.2 Å². The van der Waals surface area contributed by atoms with Crippen molar-refractivity contribution in [3.05, 3.63) is 11.9 Å². The molecule has 1 aromatic heterocycles. The van der Waals surface area contributed by atoms with Gasteiger partial charge in [-0.25, -0.2) is 0 Å². The van der Waals surface area contributed by atoms with E-state index in [1.54, 1.807) is 0 Å². The van der Waals surface area contributed by atoms with E-state index in [0.717, 1.165) is 18.9 Å². The molecule has 0 atom stereocenters. The molecule has 3 nitrogen and oxygen atoms in total. The van der Waals surface area contributed by atoms with Crippen molar-refractivity contribution in [2.24, 2.45) is 13.0 Å². The molecule has 1 N–H and O–H groups in total. The molecule has 1 heterocycles. The molecular formula is C12H23N3. The van der Waals surface area contributed by atoms with Crippen molar-refractivity contribution in [2.75, 3.05) is 11.9 Å². The van der Waals surface area contributed by atoms with E-state index >= 15 is 0 Å². The second-order valence-corrected chi connectivity index (χ2v) is 4.48. The molecule has 0 radical (unpaired) electrons. The van der Waals surface area contributed by atoms with Gasteiger partial charge in [-0.3, -0.25) is 4.68 Å². The fraction of sp³-hybridized carbons (Fsp3) is 0.750. The third-order valence-electron chi connectivity index (χ3n) is 2.51. The molecule has 0 fully saturated rings. The highest BCUT2D eigenvalue weighted by atomic mass is 15.3. The zero-order chi connectivity index (χ0) is 11.3. The highest BCUT2D eigenvalue weighted by Gasteiger charge is 2.04. The Balaban J connectivity index is 2.36. The monoisotopic (exact) mass is 209 g/mol. The maximum absolute atomic E-state index is 4.40. The molecular weight excluding hydrogens is 186 g/mol. The minimum atomic E-state index is 0.798. The number of anilines is 1. The normalized spacial score (nSPS) is 11.0. The summed E-state index contributed by atoms with van der Waals surface area (Å²) in [6, 6.07) is 0. The second kappa shape index (κ2) is 5.79. The molecule has 0 saturated carbocycles. The Hall–Kier alpha value is -0.990. The summed E-state index contributed by atoms with van der Waals surface area (Å²) in [7, 11) is 1.97. The first-order valence-corrected chi connectivity index (χ1v) is 5.89. The molecule has 1 aromatic rings. The van der Waals surface area contributed by atoms with Crippen molar-refractivity contribution in [3.63, 3.8) is 0 Å². The summed E-state index contributed by atoms with van der Waals surface area (Å²) in [5, 5.41) is 7.85. The van der Waals surface area contributed by atoms with Gasteiger partial charge < -0.3 is 5.32 Å². The van der Waals surface area contributed by atoms with Gasteiger partial charge >= 0.3 is 0 Å². The van der Waals surface area contributed by atoms with E-state index < -0.39 is 0 Å². The van der Waals surface area contributed by atoms with Crippen LogP contribution in [0.3, 0.4) is 0 Å². The van der Waals surface area contributed by atoms with Crippen molar-refractivity contribution < 1.29 is 0 Å². The van der Waals surface area contributed by atoms with Crippen molar-refractivity contribution in [1.29, 1.82) is 0 Å². The van der Waals surface area contributed by atoms with Gasteiger partial charge in [0.05, 0.1) is 11.4 Å². The van der Waals surface area contributed by atoms with Crippen LogP contribution in [-0.4, -0.2) is 16.3 Å². The molecule has 0 bridgehead atoms. The third-order valence-corrected chi connectivity index (χ3v) is 2.51. The van der Waals surface area contributed by atoms with Gasteiger partial charge in [0.25, 0.3) is 0 Å². The predicted molar refractivity (Wildman–Crippen MR) is 65.1 cm³/mol. The molecule has 0 saturated heterocycles. The summed E-state index contributed by atoms with van der Waals surface area (Å²) in [5.41, 5.74) is 2.37. The lowest BCUT2D eigenvalue weighted by Gasteiger charge is -2.06. The van der Waals surface area contributed by atoms with E-state index in [1.165, 1.54) is 24.2 Å². The Labute approximate surface area is 92.9 Å². The van der Waals surface area contributed by atoms with Crippen LogP contribution in [0.15, 0.2) is 6.20 Å². The second-order valence-electron chi connectivity index (χ2n) is 4.48. The summed E-state index contributed by atoms with van der Waals surface area (Å²) in [5.74, 6) is 0.798. The Morgan fingerprint density at radius 2 is 2.20 bits per heavy atom. The Kier molecular flexibility index (Phi) is 4.66. The average Bonchev–Trinajstić information content (AvgIpc) is 2.53. The lowest BCUT2D eigenvalue weighted by molar-refractivity contribution is 0.567. The van der Waals surface area contributed by atoms with Crippen LogP contribution in [0.2, 0.25) is 0 Å². The largest absolute Gasteiger partial charge is 0.382 e. The number of nitrogens with one attached hydrogen (secondary N) is 1. The fourth-order valence-electron chi connectivity index (χ4n) is 1.68. The number of rotatable bonds is 6. The maximum Gasteiger partial charge on any atom is 0.0853 e. The van der Waals surface area contributed by atoms with Crippen LogP contribution >= 0.6 is 0 Å². The van der Waals surface area contributed by atoms with E-state index in [0.29, 0.717) is 0 Å². The summed E-state index contributed by atoms with van der Waals surface area (Å²) in [6.45, 7) is 7.72. The van der Waals surface area contributed by atoms with Crippen molar-refractivity contribution in [1.82, 2.24) is 9.78 Å². The first-order chi connectivity index (χ1) is 7.13. The Morgan fingerprint density at radius 1 is 1.47 bits per heavy atom. The SMILES string of the molecule is CCc1nn(C)cc1NCCCC(C)C. The van der Waals surface area contributed by atoms with E-state index in [4.69, 9.17) is 0 Å². The highest BCUT2D eigenvalue weighted by molar-refractivity contribution is 5.46. The number of aryl methyl sites for hydroxylation is 2. The molecule has 1 rings (SSSR count). The van der Waals surface area contributed by atoms with Gasteiger partial charge in [-0.1, -0.05) is 20.8 Å². The molecule has 3 heteroatoms. The lowest BCUT2D eigenvalue weighted by Crippen LogP contribution is -2.04. The van der Waals surface area contributed by atoms with Crippen LogP contribution < -0.4 is 5.32 Å². The topological polar surface area (TPSA) is 29.9 Å². The molecule has 0 unspecified atom stereocenters. The summed E-state index contributed by atoms with van der Waals surface area (Å²) < 4.78 is 1.88. The number of aromatic nitrogens is 2. The first kappa shape index (κ1) is 12.1. The highest BCUT2D eigenvalue weighted by Crippen LogP contribution is 2.14. The minimum Gasteiger partial charge on any atom is -0.382 e. The molecule has 0 aliphatic rings. The van der Waals surface area contributed by atoms with E-state index in [2.05, 4.69) is 37.4 Å². The molecule has 0 aliphatic carbocycles. The molecule has 0 aliphatic heterocycles. The molecule has 0 amide bonds. The van der Waals surface area contributed by atoms with Gasteiger partial charge in [0, 0.05) is 19.8 Å². The molecule has 86 valence electrons. The molecule has 15 heavy (non-hydrogen) atoms. The van der Waals surface area contributed by atoms with Crippen molar-refractivity contribution >= 4 is 5.69 Å².